The maximum absolute atomic E-state index is 5.57. The molecule has 0 aliphatic rings. The minimum atomic E-state index is 0.550. The summed E-state index contributed by atoms with van der Waals surface area (Å²) in [6, 6.07) is 11.7. The minimum Gasteiger partial charge on any atom is -0.493 e. The first kappa shape index (κ1) is 15.0. The molecule has 0 amide bonds. The van der Waals surface area contributed by atoms with Crippen molar-refractivity contribution in [3.8, 4) is 11.5 Å². The van der Waals surface area contributed by atoms with E-state index < -0.39 is 0 Å². The second-order valence-corrected chi connectivity index (χ2v) is 5.08. The molecule has 0 aliphatic heterocycles. The van der Waals surface area contributed by atoms with Crippen LogP contribution in [0.5, 0.6) is 11.5 Å². The van der Waals surface area contributed by atoms with Crippen LogP contribution in [0, 0.1) is 6.92 Å². The molecule has 23 heavy (non-hydrogen) atoms. The fourth-order valence-corrected chi connectivity index (χ4v) is 2.28. The van der Waals surface area contributed by atoms with Gasteiger partial charge in [-0.3, -0.25) is 0 Å². The molecule has 0 saturated carbocycles. The number of nitrogens with zero attached hydrogens (tertiary/aromatic N) is 3. The summed E-state index contributed by atoms with van der Waals surface area (Å²) < 4.78 is 11.0. The van der Waals surface area contributed by atoms with Crippen molar-refractivity contribution in [2.24, 2.45) is 0 Å². The summed E-state index contributed by atoms with van der Waals surface area (Å²) >= 11 is 0. The maximum atomic E-state index is 5.57. The maximum Gasteiger partial charge on any atom is 0.164 e. The van der Waals surface area contributed by atoms with E-state index in [9.17, 15) is 0 Å². The fraction of sp³-hybridized carbons (Fsp3) is 0.235. The van der Waals surface area contributed by atoms with Gasteiger partial charge in [-0.2, -0.15) is 0 Å². The van der Waals surface area contributed by atoms with Crippen LogP contribution >= 0.6 is 0 Å². The molecule has 0 fully saturated rings. The number of ether oxygens (including phenoxy) is 2. The summed E-state index contributed by atoms with van der Waals surface area (Å²) in [4.78, 5) is 0. The van der Waals surface area contributed by atoms with Gasteiger partial charge in [0.05, 0.1) is 19.1 Å². The van der Waals surface area contributed by atoms with Crippen LogP contribution in [0.3, 0.4) is 0 Å². The number of nitrogens with one attached hydrogen (secondary N) is 1. The first-order chi connectivity index (χ1) is 11.2. The third-order valence-corrected chi connectivity index (χ3v) is 3.45. The predicted molar refractivity (Wildman–Crippen MR) is 89.5 cm³/mol. The summed E-state index contributed by atoms with van der Waals surface area (Å²) in [5.74, 6) is 1.91. The van der Waals surface area contributed by atoms with E-state index in [0.29, 0.717) is 29.4 Å². The Morgan fingerprint density at radius 2 is 1.83 bits per heavy atom. The second kappa shape index (κ2) is 6.48. The Morgan fingerprint density at radius 3 is 2.52 bits per heavy atom. The van der Waals surface area contributed by atoms with E-state index in [0.717, 1.165) is 11.1 Å². The van der Waals surface area contributed by atoms with Crippen LogP contribution in [0.4, 0.5) is 11.5 Å². The molecule has 0 saturated heterocycles. The van der Waals surface area contributed by atoms with Crippen LogP contribution in [0.1, 0.15) is 12.5 Å². The molecule has 2 aromatic carbocycles. The van der Waals surface area contributed by atoms with Gasteiger partial charge in [-0.05, 0) is 37.3 Å². The number of fused-ring (bicyclic) bond motifs is 1. The molecule has 118 valence electrons. The highest BCUT2D eigenvalue weighted by Gasteiger charge is 2.12. The summed E-state index contributed by atoms with van der Waals surface area (Å²) in [5, 5.41) is 16.1. The molecule has 6 heteroatoms. The van der Waals surface area contributed by atoms with Gasteiger partial charge < -0.3 is 14.8 Å². The molecule has 0 bridgehead atoms. The Bertz CT molecular complexity index is 819. The zero-order chi connectivity index (χ0) is 16.2. The van der Waals surface area contributed by atoms with E-state index in [-0.39, 0.29) is 0 Å². The van der Waals surface area contributed by atoms with Crippen LogP contribution in [0.2, 0.25) is 0 Å². The average Bonchev–Trinajstić information content (AvgIpc) is 2.57. The molecule has 1 aromatic heterocycles. The smallest absolute Gasteiger partial charge is 0.164 e. The number of methoxy groups -OCH3 is 1. The monoisotopic (exact) mass is 310 g/mol. The van der Waals surface area contributed by atoms with E-state index in [2.05, 4.69) is 20.7 Å². The fourth-order valence-electron chi connectivity index (χ4n) is 2.28. The Morgan fingerprint density at radius 1 is 1.04 bits per heavy atom. The minimum absolute atomic E-state index is 0.550. The molecule has 0 atom stereocenters. The number of anilines is 2. The van der Waals surface area contributed by atoms with Crippen LogP contribution < -0.4 is 14.8 Å². The van der Waals surface area contributed by atoms with E-state index in [1.54, 1.807) is 7.11 Å². The number of rotatable bonds is 5. The van der Waals surface area contributed by atoms with Gasteiger partial charge in [0.15, 0.2) is 17.3 Å². The molecule has 3 rings (SSSR count). The summed E-state index contributed by atoms with van der Waals surface area (Å²) in [5.41, 5.74) is 2.83. The van der Waals surface area contributed by atoms with Crippen molar-refractivity contribution in [1.82, 2.24) is 15.4 Å². The number of aromatic nitrogens is 3. The topological polar surface area (TPSA) is 69.2 Å². The molecular formula is C17H18N4O2. The van der Waals surface area contributed by atoms with Crippen molar-refractivity contribution < 1.29 is 9.47 Å². The Kier molecular flexibility index (Phi) is 4.23. The van der Waals surface area contributed by atoms with E-state index in [1.165, 1.54) is 5.56 Å². The third-order valence-electron chi connectivity index (χ3n) is 3.45. The molecule has 0 spiro atoms. The van der Waals surface area contributed by atoms with Crippen LogP contribution in [-0.2, 0) is 0 Å². The highest BCUT2D eigenvalue weighted by atomic mass is 16.5. The lowest BCUT2D eigenvalue weighted by molar-refractivity contribution is 0.311. The zero-order valence-corrected chi connectivity index (χ0v) is 13.3. The summed E-state index contributed by atoms with van der Waals surface area (Å²) in [7, 11) is 1.61. The van der Waals surface area contributed by atoms with Crippen molar-refractivity contribution in [2.75, 3.05) is 19.0 Å². The van der Waals surface area contributed by atoms with Gasteiger partial charge in [0.2, 0.25) is 0 Å². The van der Waals surface area contributed by atoms with E-state index in [1.807, 2.05) is 50.2 Å². The first-order valence-corrected chi connectivity index (χ1v) is 7.39. The van der Waals surface area contributed by atoms with E-state index in [4.69, 9.17) is 9.47 Å². The van der Waals surface area contributed by atoms with Gasteiger partial charge in [0.25, 0.3) is 0 Å². The van der Waals surface area contributed by atoms with Crippen LogP contribution in [-0.4, -0.2) is 29.1 Å². The average molecular weight is 310 g/mol. The largest absolute Gasteiger partial charge is 0.493 e. The molecule has 6 nitrogen and oxygen atoms in total. The predicted octanol–water partition coefficient (Wildman–Crippen LogP) is 3.48. The van der Waals surface area contributed by atoms with Gasteiger partial charge >= 0.3 is 0 Å². The van der Waals surface area contributed by atoms with Crippen LogP contribution in [0.25, 0.3) is 10.9 Å². The van der Waals surface area contributed by atoms with Crippen molar-refractivity contribution in [2.45, 2.75) is 13.8 Å². The molecule has 3 aromatic rings. The first-order valence-electron chi connectivity index (χ1n) is 7.39. The van der Waals surface area contributed by atoms with Gasteiger partial charge in [-0.1, -0.05) is 17.7 Å². The van der Waals surface area contributed by atoms with Gasteiger partial charge in [-0.15, -0.1) is 10.2 Å². The van der Waals surface area contributed by atoms with Crippen LogP contribution in [0.15, 0.2) is 36.4 Å². The highest BCUT2D eigenvalue weighted by molar-refractivity contribution is 5.92. The molecule has 0 radical (unpaired) electrons. The number of benzene rings is 2. The number of aryl methyl sites for hydroxylation is 1. The molecule has 0 aliphatic carbocycles. The number of hydrogen-bond donors (Lipinski definition) is 1. The quantitative estimate of drug-likeness (QED) is 0.778. The van der Waals surface area contributed by atoms with Crippen molar-refractivity contribution in [3.05, 3.63) is 42.0 Å². The molecule has 1 N–H and O–H groups in total. The second-order valence-electron chi connectivity index (χ2n) is 5.08. The Labute approximate surface area is 134 Å². The highest BCUT2D eigenvalue weighted by Crippen LogP contribution is 2.34. The summed E-state index contributed by atoms with van der Waals surface area (Å²) in [6.07, 6.45) is 0. The van der Waals surface area contributed by atoms with Crippen molar-refractivity contribution in [3.63, 3.8) is 0 Å². The van der Waals surface area contributed by atoms with Gasteiger partial charge in [0, 0.05) is 11.8 Å². The van der Waals surface area contributed by atoms with Crippen molar-refractivity contribution >= 4 is 22.4 Å². The normalized spacial score (nSPS) is 10.6. The lowest BCUT2D eigenvalue weighted by Gasteiger charge is -2.12. The molecule has 0 unspecified atom stereocenters. The van der Waals surface area contributed by atoms with Crippen molar-refractivity contribution in [1.29, 1.82) is 0 Å². The van der Waals surface area contributed by atoms with E-state index >= 15 is 0 Å². The lowest BCUT2D eigenvalue weighted by Crippen LogP contribution is -2.01. The Balaban J connectivity index is 2.05. The third kappa shape index (κ3) is 3.15. The number of hydrogen-bond acceptors (Lipinski definition) is 6. The molecule has 1 heterocycles. The molecular weight excluding hydrogens is 292 g/mol. The van der Waals surface area contributed by atoms with Gasteiger partial charge in [-0.25, -0.2) is 0 Å². The standard InChI is InChI=1S/C17H18N4O2/c1-4-23-16-10-14-13(9-15(16)22-3)17(20-21-19-14)18-12-7-5-11(2)6-8-12/h5-10H,4H2,1-3H3,(H,18,19,20). The zero-order valence-electron chi connectivity index (χ0n) is 13.3. The summed E-state index contributed by atoms with van der Waals surface area (Å²) in [6.45, 7) is 4.52. The SMILES string of the molecule is CCOc1cc2nnnc(Nc3ccc(C)cc3)c2cc1OC. The Hall–Kier alpha value is -2.89. The lowest BCUT2D eigenvalue weighted by atomic mass is 10.2. The van der Waals surface area contributed by atoms with Gasteiger partial charge in [0.1, 0.15) is 5.52 Å².